The van der Waals surface area contributed by atoms with Gasteiger partial charge in [0.1, 0.15) is 5.52 Å². The van der Waals surface area contributed by atoms with Crippen molar-refractivity contribution >= 4 is 28.5 Å². The molecule has 20 heavy (non-hydrogen) atoms. The second-order valence-electron chi connectivity index (χ2n) is 4.41. The predicted molar refractivity (Wildman–Crippen MR) is 78.7 cm³/mol. The quantitative estimate of drug-likeness (QED) is 0.777. The number of aromatic amines is 1. The van der Waals surface area contributed by atoms with Crippen molar-refractivity contribution in [1.82, 2.24) is 15.3 Å². The first-order chi connectivity index (χ1) is 9.74. The first-order valence-corrected chi connectivity index (χ1v) is 6.56. The van der Waals surface area contributed by atoms with Gasteiger partial charge in [0.2, 0.25) is 0 Å². The molecule has 3 aromatic rings. The Kier molecular flexibility index (Phi) is 3.39. The van der Waals surface area contributed by atoms with Crippen LogP contribution in [0.2, 0.25) is 5.02 Å². The summed E-state index contributed by atoms with van der Waals surface area (Å²) in [5, 5.41) is 3.55. The summed E-state index contributed by atoms with van der Waals surface area (Å²) in [4.78, 5) is 19.4. The smallest absolute Gasteiger partial charge is 0.255 e. The number of hydrogen-bond acceptors (Lipinski definition) is 2. The number of amides is 1. The van der Waals surface area contributed by atoms with Crippen molar-refractivity contribution in [2.24, 2.45) is 0 Å². The van der Waals surface area contributed by atoms with Crippen molar-refractivity contribution in [2.75, 3.05) is 0 Å². The first-order valence-electron chi connectivity index (χ1n) is 6.19. The molecular formula is C15H12ClN3O. The molecule has 0 saturated heterocycles. The van der Waals surface area contributed by atoms with E-state index in [0.29, 0.717) is 22.6 Å². The second kappa shape index (κ2) is 5.35. The van der Waals surface area contributed by atoms with Crippen LogP contribution in [0.5, 0.6) is 0 Å². The van der Waals surface area contributed by atoms with Crippen LogP contribution in [0.3, 0.4) is 0 Å². The van der Waals surface area contributed by atoms with Crippen LogP contribution in [-0.2, 0) is 6.54 Å². The van der Waals surface area contributed by atoms with Crippen molar-refractivity contribution in [2.45, 2.75) is 6.54 Å². The first kappa shape index (κ1) is 12.7. The largest absolute Gasteiger partial charge is 0.359 e. The molecule has 2 aromatic heterocycles. The molecule has 0 bridgehead atoms. The summed E-state index contributed by atoms with van der Waals surface area (Å²) in [6.45, 7) is 0.454. The van der Waals surface area contributed by atoms with Gasteiger partial charge < -0.3 is 10.3 Å². The maximum atomic E-state index is 12.2. The summed E-state index contributed by atoms with van der Waals surface area (Å²) in [7, 11) is 0. The minimum absolute atomic E-state index is 0.148. The molecule has 2 N–H and O–H groups in total. The highest BCUT2D eigenvalue weighted by Gasteiger charge is 2.12. The van der Waals surface area contributed by atoms with Gasteiger partial charge in [0.25, 0.3) is 5.91 Å². The molecule has 0 radical (unpaired) electrons. The van der Waals surface area contributed by atoms with Gasteiger partial charge in [-0.2, -0.15) is 0 Å². The molecule has 0 saturated carbocycles. The number of pyridine rings is 1. The molecule has 100 valence electrons. The number of nitrogens with one attached hydrogen (secondary N) is 2. The van der Waals surface area contributed by atoms with Gasteiger partial charge in [-0.3, -0.25) is 9.78 Å². The summed E-state index contributed by atoms with van der Waals surface area (Å²) in [6.07, 6.45) is 3.35. The molecule has 0 aliphatic rings. The van der Waals surface area contributed by atoms with Crippen LogP contribution in [0, 0.1) is 0 Å². The van der Waals surface area contributed by atoms with Gasteiger partial charge in [-0.05, 0) is 29.8 Å². The fourth-order valence-corrected chi connectivity index (χ4v) is 2.13. The average Bonchev–Trinajstić information content (AvgIpc) is 2.90. The third-order valence-electron chi connectivity index (χ3n) is 3.05. The molecule has 3 rings (SSSR count). The predicted octanol–water partition coefficient (Wildman–Crippen LogP) is 3.15. The van der Waals surface area contributed by atoms with Gasteiger partial charge in [-0.15, -0.1) is 0 Å². The van der Waals surface area contributed by atoms with Gasteiger partial charge in [0.05, 0.1) is 11.1 Å². The Hall–Kier alpha value is -2.33. The van der Waals surface area contributed by atoms with Crippen molar-refractivity contribution in [3.8, 4) is 0 Å². The van der Waals surface area contributed by atoms with Gasteiger partial charge >= 0.3 is 0 Å². The molecule has 4 nitrogen and oxygen atoms in total. The Bertz CT molecular complexity index is 749. The Labute approximate surface area is 120 Å². The molecule has 0 aliphatic carbocycles. The Morgan fingerprint density at radius 2 is 2.05 bits per heavy atom. The summed E-state index contributed by atoms with van der Waals surface area (Å²) in [5.74, 6) is -0.148. The lowest BCUT2D eigenvalue weighted by Crippen LogP contribution is -2.22. The molecule has 1 amide bonds. The van der Waals surface area contributed by atoms with E-state index in [-0.39, 0.29) is 5.91 Å². The van der Waals surface area contributed by atoms with Gasteiger partial charge in [0, 0.05) is 24.0 Å². The number of halogens is 1. The minimum atomic E-state index is -0.148. The lowest BCUT2D eigenvalue weighted by molar-refractivity contribution is 0.0952. The van der Waals surface area contributed by atoms with Crippen molar-refractivity contribution < 1.29 is 4.79 Å². The topological polar surface area (TPSA) is 57.8 Å². The standard InChI is InChI=1S/C15H12ClN3O/c16-11-5-3-10(4-6-11)8-19-15(20)12-9-18-13-2-1-7-17-14(12)13/h1-7,9,18H,8H2,(H,19,20). The highest BCUT2D eigenvalue weighted by Crippen LogP contribution is 2.15. The number of rotatable bonds is 3. The Morgan fingerprint density at radius 1 is 1.25 bits per heavy atom. The third-order valence-corrected chi connectivity index (χ3v) is 3.30. The number of carbonyl (C=O) groups is 1. The molecule has 5 heteroatoms. The number of fused-ring (bicyclic) bond motifs is 1. The Morgan fingerprint density at radius 3 is 2.85 bits per heavy atom. The zero-order chi connectivity index (χ0) is 13.9. The van der Waals surface area contributed by atoms with Crippen molar-refractivity contribution in [3.63, 3.8) is 0 Å². The number of carbonyl (C=O) groups excluding carboxylic acids is 1. The maximum Gasteiger partial charge on any atom is 0.255 e. The molecule has 0 aliphatic heterocycles. The molecule has 0 spiro atoms. The van der Waals surface area contributed by atoms with E-state index in [1.165, 1.54) is 0 Å². The van der Waals surface area contributed by atoms with E-state index in [1.807, 2.05) is 24.3 Å². The Balaban J connectivity index is 1.75. The number of benzene rings is 1. The number of aromatic nitrogens is 2. The molecule has 2 heterocycles. The van der Waals surface area contributed by atoms with Crippen LogP contribution in [0.25, 0.3) is 11.0 Å². The molecule has 0 unspecified atom stereocenters. The lowest BCUT2D eigenvalue weighted by Gasteiger charge is -2.04. The van der Waals surface area contributed by atoms with E-state index in [1.54, 1.807) is 24.5 Å². The van der Waals surface area contributed by atoms with Crippen LogP contribution in [-0.4, -0.2) is 15.9 Å². The van der Waals surface area contributed by atoms with E-state index in [4.69, 9.17) is 11.6 Å². The van der Waals surface area contributed by atoms with E-state index in [9.17, 15) is 4.79 Å². The lowest BCUT2D eigenvalue weighted by atomic mass is 10.2. The van der Waals surface area contributed by atoms with Crippen LogP contribution in [0.4, 0.5) is 0 Å². The fourth-order valence-electron chi connectivity index (χ4n) is 2.01. The molecular weight excluding hydrogens is 274 g/mol. The van der Waals surface area contributed by atoms with E-state index in [2.05, 4.69) is 15.3 Å². The highest BCUT2D eigenvalue weighted by molar-refractivity contribution is 6.30. The zero-order valence-corrected chi connectivity index (χ0v) is 11.3. The number of H-pyrrole nitrogens is 1. The molecule has 1 aromatic carbocycles. The van der Waals surface area contributed by atoms with Gasteiger partial charge in [0.15, 0.2) is 0 Å². The fraction of sp³-hybridized carbons (Fsp3) is 0.0667. The summed E-state index contributed by atoms with van der Waals surface area (Å²) < 4.78 is 0. The third kappa shape index (κ3) is 2.51. The van der Waals surface area contributed by atoms with Gasteiger partial charge in [-0.25, -0.2) is 0 Å². The molecule has 0 atom stereocenters. The van der Waals surface area contributed by atoms with Crippen LogP contribution < -0.4 is 5.32 Å². The number of hydrogen-bond donors (Lipinski definition) is 2. The minimum Gasteiger partial charge on any atom is -0.359 e. The zero-order valence-electron chi connectivity index (χ0n) is 10.6. The van der Waals surface area contributed by atoms with Gasteiger partial charge in [-0.1, -0.05) is 23.7 Å². The van der Waals surface area contributed by atoms with E-state index in [0.717, 1.165) is 11.1 Å². The monoisotopic (exact) mass is 285 g/mol. The van der Waals surface area contributed by atoms with Crippen LogP contribution in [0.1, 0.15) is 15.9 Å². The summed E-state index contributed by atoms with van der Waals surface area (Å²) in [6, 6.07) is 11.1. The normalized spacial score (nSPS) is 10.7. The van der Waals surface area contributed by atoms with Crippen LogP contribution >= 0.6 is 11.6 Å². The van der Waals surface area contributed by atoms with Crippen LogP contribution in [0.15, 0.2) is 48.8 Å². The SMILES string of the molecule is O=C(NCc1ccc(Cl)cc1)c1c[nH]c2cccnc12. The van der Waals surface area contributed by atoms with Crippen molar-refractivity contribution in [1.29, 1.82) is 0 Å². The molecule has 0 fully saturated rings. The van der Waals surface area contributed by atoms with Crippen molar-refractivity contribution in [3.05, 3.63) is 64.9 Å². The highest BCUT2D eigenvalue weighted by atomic mass is 35.5. The maximum absolute atomic E-state index is 12.2. The van der Waals surface area contributed by atoms with E-state index >= 15 is 0 Å². The average molecular weight is 286 g/mol. The second-order valence-corrected chi connectivity index (χ2v) is 4.85. The van der Waals surface area contributed by atoms with E-state index < -0.39 is 0 Å². The summed E-state index contributed by atoms with van der Waals surface area (Å²) >= 11 is 5.82. The number of nitrogens with zero attached hydrogens (tertiary/aromatic N) is 1. The summed E-state index contributed by atoms with van der Waals surface area (Å²) in [5.41, 5.74) is 3.08.